The number of hydrogen-bond donors (Lipinski definition) is 1. The molecule has 4 rings (SSSR count). The summed E-state index contributed by atoms with van der Waals surface area (Å²) in [5, 5.41) is 6.56. The molecule has 3 nitrogen and oxygen atoms in total. The van der Waals surface area contributed by atoms with Gasteiger partial charge in [-0.05, 0) is 49.3 Å². The molecule has 1 N–H and O–H groups in total. The highest BCUT2D eigenvalue weighted by Gasteiger charge is 2.16. The Morgan fingerprint density at radius 3 is 3.10 bits per heavy atom. The molecule has 1 atom stereocenters. The van der Waals surface area contributed by atoms with Crippen LogP contribution in [0.15, 0.2) is 23.6 Å². The first-order valence-electron chi connectivity index (χ1n) is 7.82. The number of benzene rings is 1. The van der Waals surface area contributed by atoms with Crippen LogP contribution in [0.2, 0.25) is 0 Å². The predicted octanol–water partition coefficient (Wildman–Crippen LogP) is 3.89. The van der Waals surface area contributed by atoms with Crippen molar-refractivity contribution in [3.63, 3.8) is 0 Å². The summed E-state index contributed by atoms with van der Waals surface area (Å²) < 4.78 is 5.63. The first-order chi connectivity index (χ1) is 10.4. The highest BCUT2D eigenvalue weighted by molar-refractivity contribution is 7.14. The average molecular weight is 300 g/mol. The SMILES string of the molecule is c1cc2c(cc1-c1csc(NC[C@H]3CCCO3)n1)CCC2. The maximum Gasteiger partial charge on any atom is 0.183 e. The molecule has 1 aromatic carbocycles. The van der Waals surface area contributed by atoms with Crippen LogP contribution in [0.4, 0.5) is 5.13 Å². The molecule has 1 aromatic heterocycles. The van der Waals surface area contributed by atoms with Crippen molar-refractivity contribution in [3.05, 3.63) is 34.7 Å². The molecule has 1 aliphatic heterocycles. The molecular formula is C17H20N2OS. The number of thiazole rings is 1. The van der Waals surface area contributed by atoms with E-state index in [1.54, 1.807) is 11.3 Å². The molecule has 0 unspecified atom stereocenters. The van der Waals surface area contributed by atoms with E-state index in [1.165, 1.54) is 42.4 Å². The van der Waals surface area contributed by atoms with E-state index in [1.807, 2.05) is 0 Å². The Labute approximate surface area is 129 Å². The van der Waals surface area contributed by atoms with Gasteiger partial charge in [0.2, 0.25) is 0 Å². The van der Waals surface area contributed by atoms with Crippen molar-refractivity contribution in [2.45, 2.75) is 38.2 Å². The third kappa shape index (κ3) is 2.83. The van der Waals surface area contributed by atoms with Gasteiger partial charge in [0, 0.05) is 24.1 Å². The molecule has 4 heteroatoms. The standard InChI is InChI=1S/C17H20N2OS/c1-3-12-6-7-14(9-13(12)4-1)16-11-21-17(19-16)18-10-15-5-2-8-20-15/h6-7,9,11,15H,1-5,8,10H2,(H,18,19)/t15-/m1/s1. The van der Waals surface area contributed by atoms with Gasteiger partial charge in [-0.3, -0.25) is 0 Å². The Morgan fingerprint density at radius 1 is 1.24 bits per heavy atom. The second kappa shape index (κ2) is 5.78. The minimum Gasteiger partial charge on any atom is -0.376 e. The van der Waals surface area contributed by atoms with Crippen molar-refractivity contribution in [3.8, 4) is 11.3 Å². The van der Waals surface area contributed by atoms with Crippen LogP contribution in [0.25, 0.3) is 11.3 Å². The van der Waals surface area contributed by atoms with E-state index in [0.717, 1.165) is 30.4 Å². The molecule has 2 heterocycles. The van der Waals surface area contributed by atoms with Crippen molar-refractivity contribution in [2.24, 2.45) is 0 Å². The molecule has 110 valence electrons. The molecule has 0 radical (unpaired) electrons. The summed E-state index contributed by atoms with van der Waals surface area (Å²) in [5.41, 5.74) is 5.36. The van der Waals surface area contributed by atoms with Crippen LogP contribution in [-0.2, 0) is 17.6 Å². The number of aromatic nitrogens is 1. The van der Waals surface area contributed by atoms with Crippen LogP contribution >= 0.6 is 11.3 Å². The number of hydrogen-bond acceptors (Lipinski definition) is 4. The normalized spacial score (nSPS) is 20.7. The average Bonchev–Trinajstić information content (AvgIpc) is 3.25. The van der Waals surface area contributed by atoms with Crippen LogP contribution in [0.5, 0.6) is 0 Å². The van der Waals surface area contributed by atoms with E-state index >= 15 is 0 Å². The second-order valence-electron chi connectivity index (χ2n) is 5.89. The molecule has 0 bridgehead atoms. The zero-order chi connectivity index (χ0) is 14.1. The maximum atomic E-state index is 5.63. The second-order valence-corrected chi connectivity index (χ2v) is 6.75. The monoisotopic (exact) mass is 300 g/mol. The van der Waals surface area contributed by atoms with Gasteiger partial charge in [0.25, 0.3) is 0 Å². The fourth-order valence-electron chi connectivity index (χ4n) is 3.23. The molecule has 21 heavy (non-hydrogen) atoms. The highest BCUT2D eigenvalue weighted by atomic mass is 32.1. The van der Waals surface area contributed by atoms with Crippen LogP contribution in [0, 0.1) is 0 Å². The quantitative estimate of drug-likeness (QED) is 0.930. The first-order valence-corrected chi connectivity index (χ1v) is 8.69. The Balaban J connectivity index is 1.46. The van der Waals surface area contributed by atoms with Crippen molar-refractivity contribution in [1.29, 1.82) is 0 Å². The molecular weight excluding hydrogens is 280 g/mol. The molecule has 2 aliphatic rings. The van der Waals surface area contributed by atoms with Gasteiger partial charge in [0.05, 0.1) is 11.8 Å². The van der Waals surface area contributed by atoms with E-state index in [4.69, 9.17) is 9.72 Å². The van der Waals surface area contributed by atoms with Gasteiger partial charge >= 0.3 is 0 Å². The van der Waals surface area contributed by atoms with E-state index < -0.39 is 0 Å². The van der Waals surface area contributed by atoms with E-state index in [0.29, 0.717) is 6.10 Å². The third-order valence-corrected chi connectivity index (χ3v) is 5.20. The molecule has 0 spiro atoms. The number of aryl methyl sites for hydroxylation is 2. The van der Waals surface area contributed by atoms with Crippen molar-refractivity contribution >= 4 is 16.5 Å². The van der Waals surface area contributed by atoms with E-state index in [-0.39, 0.29) is 0 Å². The summed E-state index contributed by atoms with van der Waals surface area (Å²) >= 11 is 1.68. The Morgan fingerprint density at radius 2 is 2.19 bits per heavy atom. The zero-order valence-electron chi connectivity index (χ0n) is 12.1. The zero-order valence-corrected chi connectivity index (χ0v) is 12.9. The van der Waals surface area contributed by atoms with E-state index in [9.17, 15) is 0 Å². The fourth-order valence-corrected chi connectivity index (χ4v) is 3.95. The maximum absolute atomic E-state index is 5.63. The minimum absolute atomic E-state index is 0.359. The number of nitrogens with zero attached hydrogens (tertiary/aromatic N) is 1. The molecule has 0 saturated carbocycles. The largest absolute Gasteiger partial charge is 0.376 e. The lowest BCUT2D eigenvalue weighted by atomic mass is 10.1. The Bertz CT molecular complexity index is 631. The number of anilines is 1. The summed E-state index contributed by atoms with van der Waals surface area (Å²) in [5.74, 6) is 0. The fraction of sp³-hybridized carbons (Fsp3) is 0.471. The number of ether oxygens (including phenoxy) is 1. The summed E-state index contributed by atoms with van der Waals surface area (Å²) in [6.07, 6.45) is 6.46. The minimum atomic E-state index is 0.359. The summed E-state index contributed by atoms with van der Waals surface area (Å²) in [4.78, 5) is 4.72. The molecule has 1 aliphatic carbocycles. The highest BCUT2D eigenvalue weighted by Crippen LogP contribution is 2.30. The van der Waals surface area contributed by atoms with Crippen molar-refractivity contribution in [1.82, 2.24) is 4.98 Å². The number of rotatable bonds is 4. The molecule has 2 aromatic rings. The van der Waals surface area contributed by atoms with Crippen LogP contribution < -0.4 is 5.32 Å². The lowest BCUT2D eigenvalue weighted by Gasteiger charge is -2.09. The van der Waals surface area contributed by atoms with Gasteiger partial charge in [-0.2, -0.15) is 0 Å². The van der Waals surface area contributed by atoms with Gasteiger partial charge in [0.1, 0.15) is 0 Å². The van der Waals surface area contributed by atoms with Gasteiger partial charge in [-0.1, -0.05) is 12.1 Å². The number of nitrogens with one attached hydrogen (secondary N) is 1. The Kier molecular flexibility index (Phi) is 3.65. The third-order valence-electron chi connectivity index (χ3n) is 4.40. The summed E-state index contributed by atoms with van der Waals surface area (Å²) in [6, 6.07) is 6.81. The van der Waals surface area contributed by atoms with Gasteiger partial charge < -0.3 is 10.1 Å². The van der Waals surface area contributed by atoms with Gasteiger partial charge in [-0.25, -0.2) is 4.98 Å². The van der Waals surface area contributed by atoms with Crippen LogP contribution in [-0.4, -0.2) is 24.2 Å². The molecule has 1 fully saturated rings. The van der Waals surface area contributed by atoms with Crippen LogP contribution in [0.1, 0.15) is 30.4 Å². The van der Waals surface area contributed by atoms with Crippen molar-refractivity contribution < 1.29 is 4.74 Å². The lowest BCUT2D eigenvalue weighted by Crippen LogP contribution is -2.18. The predicted molar refractivity (Wildman–Crippen MR) is 87.0 cm³/mol. The number of fused-ring (bicyclic) bond motifs is 1. The summed E-state index contributed by atoms with van der Waals surface area (Å²) in [6.45, 7) is 1.78. The summed E-state index contributed by atoms with van der Waals surface area (Å²) in [7, 11) is 0. The molecule has 1 saturated heterocycles. The lowest BCUT2D eigenvalue weighted by molar-refractivity contribution is 0.120. The van der Waals surface area contributed by atoms with Crippen LogP contribution in [0.3, 0.4) is 0 Å². The smallest absolute Gasteiger partial charge is 0.183 e. The van der Waals surface area contributed by atoms with Gasteiger partial charge in [-0.15, -0.1) is 11.3 Å². The van der Waals surface area contributed by atoms with Crippen molar-refractivity contribution in [2.75, 3.05) is 18.5 Å². The topological polar surface area (TPSA) is 34.1 Å². The first kappa shape index (κ1) is 13.3. The molecule has 0 amide bonds. The van der Waals surface area contributed by atoms with Gasteiger partial charge in [0.15, 0.2) is 5.13 Å². The van der Waals surface area contributed by atoms with E-state index in [2.05, 4.69) is 28.9 Å². The Hall–Kier alpha value is -1.39.